The minimum Gasteiger partial charge on any atom is -0.497 e. The van der Waals surface area contributed by atoms with Gasteiger partial charge in [-0.1, -0.05) is 6.07 Å². The van der Waals surface area contributed by atoms with E-state index < -0.39 is 0 Å². The normalized spacial score (nSPS) is 22.3. The summed E-state index contributed by atoms with van der Waals surface area (Å²) in [6.07, 6.45) is 6.82. The Morgan fingerprint density at radius 2 is 1.97 bits per heavy atom. The zero-order valence-electron chi connectivity index (χ0n) is 16.9. The number of likely N-dealkylation sites (tertiary alicyclic amines) is 1. The molecule has 1 aliphatic carbocycles. The molecule has 30 heavy (non-hydrogen) atoms. The number of aromatic nitrogens is 4. The van der Waals surface area contributed by atoms with Crippen molar-refractivity contribution in [3.8, 4) is 17.3 Å². The number of nitrogens with zero attached hydrogens (tertiary/aromatic N) is 5. The van der Waals surface area contributed by atoms with Crippen LogP contribution in [-0.4, -0.2) is 56.6 Å². The molecule has 3 unspecified atom stereocenters. The average molecular weight is 405 g/mol. The molecule has 154 valence electrons. The molecule has 0 N–H and O–H groups in total. The molecule has 8 nitrogen and oxygen atoms in total. The van der Waals surface area contributed by atoms with E-state index in [1.165, 1.54) is 4.80 Å². The number of pyridine rings is 1. The first-order valence-electron chi connectivity index (χ1n) is 10.1. The van der Waals surface area contributed by atoms with Crippen molar-refractivity contribution in [3.05, 3.63) is 60.0 Å². The fraction of sp³-hybridized carbons (Fsp3) is 0.364. The maximum atomic E-state index is 13.5. The fourth-order valence-corrected chi connectivity index (χ4v) is 4.48. The zero-order valence-corrected chi connectivity index (χ0v) is 16.9. The van der Waals surface area contributed by atoms with Crippen LogP contribution >= 0.6 is 0 Å². The molecule has 1 amide bonds. The summed E-state index contributed by atoms with van der Waals surface area (Å²) in [5.74, 6) is 1.66. The molecule has 2 bridgehead atoms. The van der Waals surface area contributed by atoms with Crippen molar-refractivity contribution < 1.29 is 14.3 Å². The predicted molar refractivity (Wildman–Crippen MR) is 109 cm³/mol. The van der Waals surface area contributed by atoms with Gasteiger partial charge in [-0.25, -0.2) is 4.98 Å². The van der Waals surface area contributed by atoms with Crippen LogP contribution in [0.1, 0.15) is 28.8 Å². The summed E-state index contributed by atoms with van der Waals surface area (Å²) in [7, 11) is 1.59. The number of carbonyl (C=O) groups excluding carboxylic acids is 1. The lowest BCUT2D eigenvalue weighted by atomic mass is 10.1. The minimum absolute atomic E-state index is 0.0335. The Labute approximate surface area is 174 Å². The molecule has 0 spiro atoms. The van der Waals surface area contributed by atoms with Gasteiger partial charge in [0.05, 0.1) is 31.1 Å². The van der Waals surface area contributed by atoms with E-state index in [4.69, 9.17) is 9.47 Å². The Morgan fingerprint density at radius 1 is 1.13 bits per heavy atom. The van der Waals surface area contributed by atoms with Crippen LogP contribution in [0.2, 0.25) is 0 Å². The largest absolute Gasteiger partial charge is 0.497 e. The third kappa shape index (κ3) is 3.28. The van der Waals surface area contributed by atoms with Crippen molar-refractivity contribution in [2.24, 2.45) is 5.92 Å². The quantitative estimate of drug-likeness (QED) is 0.649. The molecule has 3 heterocycles. The highest BCUT2D eigenvalue weighted by atomic mass is 16.5. The lowest BCUT2D eigenvalue weighted by molar-refractivity contribution is 0.0466. The Balaban J connectivity index is 1.41. The molecule has 1 aromatic carbocycles. The van der Waals surface area contributed by atoms with Crippen LogP contribution in [0.3, 0.4) is 0 Å². The number of rotatable bonds is 5. The number of hydrogen-bond donors (Lipinski definition) is 0. The molecule has 1 saturated carbocycles. The van der Waals surface area contributed by atoms with Crippen molar-refractivity contribution in [2.45, 2.75) is 31.9 Å². The molecular weight excluding hydrogens is 382 g/mol. The van der Waals surface area contributed by atoms with Gasteiger partial charge in [-0.2, -0.15) is 15.0 Å². The first-order valence-corrected chi connectivity index (χ1v) is 10.1. The van der Waals surface area contributed by atoms with Crippen LogP contribution in [0, 0.1) is 12.8 Å². The fourth-order valence-electron chi connectivity index (χ4n) is 4.48. The second-order valence-electron chi connectivity index (χ2n) is 7.89. The van der Waals surface area contributed by atoms with Gasteiger partial charge >= 0.3 is 0 Å². The van der Waals surface area contributed by atoms with E-state index in [2.05, 4.69) is 15.2 Å². The highest BCUT2D eigenvalue weighted by Gasteiger charge is 2.48. The average Bonchev–Trinajstić information content (AvgIpc) is 3.52. The smallest absolute Gasteiger partial charge is 0.256 e. The second-order valence-corrected chi connectivity index (χ2v) is 7.89. The summed E-state index contributed by atoms with van der Waals surface area (Å²) < 4.78 is 11.5. The number of hydrogen-bond acceptors (Lipinski definition) is 6. The molecule has 8 heteroatoms. The van der Waals surface area contributed by atoms with Gasteiger partial charge in [-0.15, -0.1) is 0 Å². The van der Waals surface area contributed by atoms with E-state index in [1.54, 1.807) is 43.9 Å². The summed E-state index contributed by atoms with van der Waals surface area (Å²) >= 11 is 0. The maximum absolute atomic E-state index is 13.5. The van der Waals surface area contributed by atoms with Crippen molar-refractivity contribution in [1.29, 1.82) is 0 Å². The van der Waals surface area contributed by atoms with E-state index in [0.29, 0.717) is 28.8 Å². The van der Waals surface area contributed by atoms with Crippen molar-refractivity contribution in [1.82, 2.24) is 24.9 Å². The Bertz CT molecular complexity index is 1050. The number of piperidine rings is 1. The maximum Gasteiger partial charge on any atom is 0.256 e. The van der Waals surface area contributed by atoms with Crippen LogP contribution < -0.4 is 9.47 Å². The van der Waals surface area contributed by atoms with Gasteiger partial charge in [0.2, 0.25) is 5.88 Å². The molecule has 5 rings (SSSR count). The summed E-state index contributed by atoms with van der Waals surface area (Å²) in [5.41, 5.74) is 2.24. The van der Waals surface area contributed by atoms with Gasteiger partial charge in [-0.3, -0.25) is 4.79 Å². The number of aryl methyl sites for hydroxylation is 1. The highest BCUT2D eigenvalue weighted by Crippen LogP contribution is 2.40. The molecule has 1 aliphatic heterocycles. The van der Waals surface area contributed by atoms with E-state index in [-0.39, 0.29) is 18.1 Å². The van der Waals surface area contributed by atoms with Gasteiger partial charge < -0.3 is 14.4 Å². The van der Waals surface area contributed by atoms with Crippen LogP contribution in [0.25, 0.3) is 5.69 Å². The van der Waals surface area contributed by atoms with Crippen molar-refractivity contribution in [3.63, 3.8) is 0 Å². The third-order valence-electron chi connectivity index (χ3n) is 5.91. The number of fused-ring (bicyclic) bond motifs is 2. The monoisotopic (exact) mass is 405 g/mol. The van der Waals surface area contributed by atoms with E-state index in [9.17, 15) is 4.79 Å². The van der Waals surface area contributed by atoms with Gasteiger partial charge in [0.1, 0.15) is 17.5 Å². The van der Waals surface area contributed by atoms with Crippen LogP contribution in [-0.2, 0) is 0 Å². The number of carbonyl (C=O) groups is 1. The summed E-state index contributed by atoms with van der Waals surface area (Å²) in [4.78, 5) is 21.3. The number of amides is 1. The van der Waals surface area contributed by atoms with Crippen molar-refractivity contribution in [2.75, 3.05) is 13.7 Å². The topological polar surface area (TPSA) is 82.4 Å². The number of benzene rings is 1. The van der Waals surface area contributed by atoms with Crippen molar-refractivity contribution >= 4 is 5.91 Å². The number of ether oxygens (including phenoxy) is 2. The van der Waals surface area contributed by atoms with Crippen LogP contribution in [0.4, 0.5) is 0 Å². The molecule has 3 aromatic rings. The summed E-state index contributed by atoms with van der Waals surface area (Å²) in [6.45, 7) is 2.73. The van der Waals surface area contributed by atoms with Crippen LogP contribution in [0.15, 0.2) is 48.9 Å². The molecular formula is C22H23N5O3. The van der Waals surface area contributed by atoms with E-state index >= 15 is 0 Å². The molecule has 2 aliphatic rings. The van der Waals surface area contributed by atoms with E-state index in [1.807, 2.05) is 24.0 Å². The minimum atomic E-state index is -0.0487. The van der Waals surface area contributed by atoms with Gasteiger partial charge in [0, 0.05) is 24.9 Å². The summed E-state index contributed by atoms with van der Waals surface area (Å²) in [5, 5.41) is 8.41. The molecule has 2 fully saturated rings. The first-order chi connectivity index (χ1) is 14.6. The van der Waals surface area contributed by atoms with Crippen LogP contribution in [0.5, 0.6) is 11.6 Å². The molecule has 0 radical (unpaired) electrons. The Kier molecular flexibility index (Phi) is 4.61. The SMILES string of the molecule is COc1ccc(C(=O)N2CC3CC(Oc4ccc(C)cn4)C2C3)c(-n2nccn2)c1. The standard InChI is InChI=1S/C22H23N5O3/c1-14-3-6-21(23-12-14)30-20-10-15-9-19(20)26(13-15)22(28)17-5-4-16(29-2)11-18(17)27-24-7-8-25-27/h3-8,11-12,15,19-20H,9-10,13H2,1-2H3. The first kappa shape index (κ1) is 18.6. The Morgan fingerprint density at radius 3 is 2.67 bits per heavy atom. The third-order valence-corrected chi connectivity index (χ3v) is 5.91. The molecule has 1 saturated heterocycles. The predicted octanol–water partition coefficient (Wildman–Crippen LogP) is 2.66. The van der Waals surface area contributed by atoms with E-state index in [0.717, 1.165) is 24.9 Å². The van der Waals surface area contributed by atoms with Gasteiger partial charge in [0.25, 0.3) is 5.91 Å². The second kappa shape index (κ2) is 7.44. The molecule has 2 aromatic heterocycles. The lowest BCUT2D eigenvalue weighted by Gasteiger charge is -2.33. The lowest BCUT2D eigenvalue weighted by Crippen LogP contribution is -2.47. The summed E-state index contributed by atoms with van der Waals surface area (Å²) in [6, 6.07) is 9.26. The molecule has 3 atom stereocenters. The highest BCUT2D eigenvalue weighted by molar-refractivity contribution is 5.98. The van der Waals surface area contributed by atoms with Gasteiger partial charge in [0.15, 0.2) is 0 Å². The zero-order chi connectivity index (χ0) is 20.7. The van der Waals surface area contributed by atoms with Gasteiger partial charge in [-0.05, 0) is 43.4 Å². The Hall–Kier alpha value is -3.42. The number of methoxy groups -OCH3 is 1.